The molecule has 0 bridgehead atoms. The van der Waals surface area contributed by atoms with Gasteiger partial charge in [0.15, 0.2) is 0 Å². The number of nitrogens with zero attached hydrogens (tertiary/aromatic N) is 3. The Morgan fingerprint density at radius 2 is 1.80 bits per heavy atom. The Kier molecular flexibility index (Phi) is 8.63. The molecule has 3 N–H and O–H groups in total. The predicted octanol–water partition coefficient (Wildman–Crippen LogP) is 4.89. The van der Waals surface area contributed by atoms with E-state index in [9.17, 15) is 41.0 Å². The van der Waals surface area contributed by atoms with Crippen LogP contribution < -0.4 is 20.1 Å². The molecule has 0 unspecified atom stereocenters. The van der Waals surface area contributed by atoms with Crippen LogP contribution in [-0.4, -0.2) is 70.5 Å². The first-order valence-electron chi connectivity index (χ1n) is 15.1. The Balaban J connectivity index is 1.40. The number of alkyl halides is 5. The lowest BCUT2D eigenvalue weighted by atomic mass is 9.81. The van der Waals surface area contributed by atoms with Crippen LogP contribution in [0.1, 0.15) is 47.1 Å². The second-order valence-corrected chi connectivity index (χ2v) is 12.2. The van der Waals surface area contributed by atoms with Gasteiger partial charge in [-0.15, -0.1) is 5.10 Å². The van der Waals surface area contributed by atoms with Crippen LogP contribution in [0, 0.1) is 12.7 Å². The van der Waals surface area contributed by atoms with Crippen molar-refractivity contribution < 1.29 is 50.5 Å². The zero-order valence-electron chi connectivity index (χ0n) is 26.0. The van der Waals surface area contributed by atoms with Gasteiger partial charge in [-0.3, -0.25) is 9.59 Å². The summed E-state index contributed by atoms with van der Waals surface area (Å²) in [5.74, 6) is -2.56. The lowest BCUT2D eigenvalue weighted by Gasteiger charge is -2.31. The van der Waals surface area contributed by atoms with Crippen LogP contribution in [0.5, 0.6) is 11.5 Å². The van der Waals surface area contributed by atoms with Crippen molar-refractivity contribution in [3.63, 3.8) is 0 Å². The van der Waals surface area contributed by atoms with E-state index in [1.165, 1.54) is 31.2 Å². The Bertz CT molecular complexity index is 1940. The minimum Gasteiger partial charge on any atom is -0.489 e. The molecule has 10 nitrogen and oxygen atoms in total. The second-order valence-electron chi connectivity index (χ2n) is 12.2. The van der Waals surface area contributed by atoms with Gasteiger partial charge in [-0.2, -0.15) is 18.3 Å². The van der Waals surface area contributed by atoms with Gasteiger partial charge in [0.05, 0.1) is 30.6 Å². The van der Waals surface area contributed by atoms with Crippen molar-refractivity contribution in [2.75, 3.05) is 19.7 Å². The standard InChI is InChI=1S/C33H29F6N5O5/c1-16-9-18-10-19(11-23(26(18)44-43-16)49-21-7-8-21)29(45)41-14-32(47,33(37,38)39)24-12-22-28(27(42-24)17-3-5-20(34)6-4-17)48-15-31(22,2)30(46)40-13-25(35)36/h3-6,9-12,21,25,47H,7-8,13-15H2,1-2H3,(H,40,46)(H,41,45)/t31-,32-/m0/s1. The fraction of sp³-hybridized carbons (Fsp3) is 0.364. The molecule has 6 rings (SSSR count). The molecular formula is C33H29F6N5O5. The maximum Gasteiger partial charge on any atom is 0.424 e. The third kappa shape index (κ3) is 6.56. The van der Waals surface area contributed by atoms with Crippen molar-refractivity contribution in [3.05, 3.63) is 76.9 Å². The number of halogens is 6. The molecule has 0 spiro atoms. The molecule has 258 valence electrons. The van der Waals surface area contributed by atoms with E-state index in [0.717, 1.165) is 31.0 Å². The summed E-state index contributed by atoms with van der Waals surface area (Å²) in [7, 11) is 0. The molecule has 2 amide bonds. The molecule has 2 aliphatic rings. The Labute approximate surface area is 274 Å². The third-order valence-corrected chi connectivity index (χ3v) is 8.36. The quantitative estimate of drug-likeness (QED) is 0.201. The first kappa shape index (κ1) is 33.9. The lowest BCUT2D eigenvalue weighted by molar-refractivity contribution is -0.265. The smallest absolute Gasteiger partial charge is 0.424 e. The molecule has 1 aliphatic heterocycles. The zero-order valence-corrected chi connectivity index (χ0v) is 26.0. The minimum absolute atomic E-state index is 0.0723. The normalized spacial score (nSPS) is 18.5. The number of fused-ring (bicyclic) bond motifs is 2. The molecule has 1 aliphatic carbocycles. The maximum atomic E-state index is 14.9. The van der Waals surface area contributed by atoms with Crippen molar-refractivity contribution in [2.24, 2.45) is 0 Å². The number of hydrogen-bond donors (Lipinski definition) is 3. The van der Waals surface area contributed by atoms with Crippen molar-refractivity contribution >= 4 is 22.7 Å². The lowest BCUT2D eigenvalue weighted by Crippen LogP contribution is -2.52. The number of aromatic nitrogens is 3. The van der Waals surface area contributed by atoms with Gasteiger partial charge in [0.1, 0.15) is 40.5 Å². The highest BCUT2D eigenvalue weighted by molar-refractivity contribution is 6.00. The molecule has 2 aromatic carbocycles. The molecule has 1 fully saturated rings. The van der Waals surface area contributed by atoms with E-state index in [4.69, 9.17) is 9.47 Å². The SMILES string of the molecule is Cc1cc2cc(C(=O)NC[C@](O)(c3cc4c(c(-c5ccc(F)cc5)n3)OC[C@]4(C)C(=O)NCC(F)F)C(F)(F)F)cc(OC3CC3)c2nn1. The zero-order chi connectivity index (χ0) is 35.3. The summed E-state index contributed by atoms with van der Waals surface area (Å²) in [6, 6.07) is 9.62. The summed E-state index contributed by atoms with van der Waals surface area (Å²) in [5.41, 5.74) is -6.26. The van der Waals surface area contributed by atoms with E-state index < -0.39 is 66.6 Å². The highest BCUT2D eigenvalue weighted by atomic mass is 19.4. The molecule has 4 aromatic rings. The fourth-order valence-corrected chi connectivity index (χ4v) is 5.41. The summed E-state index contributed by atoms with van der Waals surface area (Å²) >= 11 is 0. The monoisotopic (exact) mass is 689 g/mol. The molecule has 0 radical (unpaired) electrons. The molecular weight excluding hydrogens is 660 g/mol. The van der Waals surface area contributed by atoms with Crippen molar-refractivity contribution in [2.45, 2.75) is 56.4 Å². The number of hydrogen-bond acceptors (Lipinski definition) is 8. The molecule has 16 heteroatoms. The van der Waals surface area contributed by atoms with Crippen LogP contribution in [0.3, 0.4) is 0 Å². The van der Waals surface area contributed by atoms with Gasteiger partial charge in [0, 0.05) is 22.1 Å². The van der Waals surface area contributed by atoms with E-state index >= 15 is 0 Å². The molecule has 2 atom stereocenters. The summed E-state index contributed by atoms with van der Waals surface area (Å²) in [5, 5.41) is 24.2. The van der Waals surface area contributed by atoms with Gasteiger partial charge in [-0.1, -0.05) is 0 Å². The summed E-state index contributed by atoms with van der Waals surface area (Å²) in [4.78, 5) is 30.6. The summed E-state index contributed by atoms with van der Waals surface area (Å²) in [6.07, 6.45) is -6.91. The first-order valence-corrected chi connectivity index (χ1v) is 15.1. The van der Waals surface area contributed by atoms with Crippen LogP contribution >= 0.6 is 0 Å². The number of carbonyl (C=O) groups is 2. The number of amides is 2. The maximum absolute atomic E-state index is 14.9. The van der Waals surface area contributed by atoms with Crippen LogP contribution in [0.4, 0.5) is 26.3 Å². The predicted molar refractivity (Wildman–Crippen MR) is 162 cm³/mol. The topological polar surface area (TPSA) is 136 Å². The van der Waals surface area contributed by atoms with Crippen molar-refractivity contribution in [1.29, 1.82) is 0 Å². The summed E-state index contributed by atoms with van der Waals surface area (Å²) < 4.78 is 95.9. The highest BCUT2D eigenvalue weighted by Crippen LogP contribution is 2.48. The summed E-state index contributed by atoms with van der Waals surface area (Å²) in [6.45, 7) is 0.0314. The molecule has 3 heterocycles. The number of nitrogens with one attached hydrogen (secondary N) is 2. The van der Waals surface area contributed by atoms with Crippen LogP contribution in [0.25, 0.3) is 22.2 Å². The van der Waals surface area contributed by atoms with E-state index in [-0.39, 0.29) is 40.0 Å². The van der Waals surface area contributed by atoms with E-state index in [0.29, 0.717) is 16.6 Å². The van der Waals surface area contributed by atoms with Gasteiger partial charge in [0.25, 0.3) is 12.3 Å². The van der Waals surface area contributed by atoms with E-state index in [1.807, 2.05) is 0 Å². The number of carbonyl (C=O) groups excluding carboxylic acids is 2. The van der Waals surface area contributed by atoms with E-state index in [1.54, 1.807) is 13.0 Å². The first-order chi connectivity index (χ1) is 23.1. The molecule has 2 aromatic heterocycles. The van der Waals surface area contributed by atoms with Gasteiger partial charge in [0.2, 0.25) is 11.5 Å². The van der Waals surface area contributed by atoms with Crippen LogP contribution in [-0.2, 0) is 15.8 Å². The van der Waals surface area contributed by atoms with Gasteiger partial charge < -0.3 is 25.2 Å². The second kappa shape index (κ2) is 12.5. The Hall–Kier alpha value is -4.99. The van der Waals surface area contributed by atoms with Crippen molar-refractivity contribution in [1.82, 2.24) is 25.8 Å². The Morgan fingerprint density at radius 1 is 1.08 bits per heavy atom. The number of rotatable bonds is 10. The van der Waals surface area contributed by atoms with Gasteiger partial charge in [-0.25, -0.2) is 18.2 Å². The third-order valence-electron chi connectivity index (χ3n) is 8.36. The number of aliphatic hydroxyl groups is 1. The molecule has 49 heavy (non-hydrogen) atoms. The Morgan fingerprint density at radius 3 is 2.45 bits per heavy atom. The highest BCUT2D eigenvalue weighted by Gasteiger charge is 2.58. The number of pyridine rings is 1. The van der Waals surface area contributed by atoms with Crippen molar-refractivity contribution in [3.8, 4) is 22.8 Å². The van der Waals surface area contributed by atoms with E-state index in [2.05, 4.69) is 25.8 Å². The number of aryl methyl sites for hydroxylation is 1. The van der Waals surface area contributed by atoms with Gasteiger partial charge in [-0.05, 0) is 75.2 Å². The van der Waals surface area contributed by atoms with Gasteiger partial charge >= 0.3 is 6.18 Å². The molecule has 1 saturated carbocycles. The minimum atomic E-state index is -5.45. The number of benzene rings is 2. The average molecular weight is 690 g/mol. The van der Waals surface area contributed by atoms with Crippen LogP contribution in [0.2, 0.25) is 0 Å². The van der Waals surface area contributed by atoms with Crippen LogP contribution in [0.15, 0.2) is 48.5 Å². The fourth-order valence-electron chi connectivity index (χ4n) is 5.41. The average Bonchev–Trinajstić information content (AvgIpc) is 3.81. The molecule has 0 saturated heterocycles. The number of ether oxygens (including phenoxy) is 2. The largest absolute Gasteiger partial charge is 0.489 e.